The molecule has 0 fully saturated rings. The maximum atomic E-state index is 13.4. The SMILES string of the molecule is C[C@H](c1ccccc1)N1Cc2cncn2[C@@H](c2ccc(C#N)cc2)C1=O. The molecule has 4 rings (SSSR count). The Balaban J connectivity index is 1.74. The van der Waals surface area contributed by atoms with Crippen LogP contribution in [0.1, 0.15) is 41.4 Å². The van der Waals surface area contributed by atoms with Crippen molar-refractivity contribution < 1.29 is 4.79 Å². The van der Waals surface area contributed by atoms with Gasteiger partial charge in [0.25, 0.3) is 5.91 Å². The highest BCUT2D eigenvalue weighted by molar-refractivity contribution is 5.85. The molecule has 2 atom stereocenters. The van der Waals surface area contributed by atoms with Crippen molar-refractivity contribution in [1.29, 1.82) is 5.26 Å². The zero-order valence-electron chi connectivity index (χ0n) is 14.4. The summed E-state index contributed by atoms with van der Waals surface area (Å²) in [6.45, 7) is 2.58. The smallest absolute Gasteiger partial charge is 0.251 e. The molecule has 0 N–H and O–H groups in total. The summed E-state index contributed by atoms with van der Waals surface area (Å²) in [5, 5.41) is 9.02. The Hall–Kier alpha value is -3.39. The van der Waals surface area contributed by atoms with Crippen molar-refractivity contribution in [3.8, 4) is 6.07 Å². The van der Waals surface area contributed by atoms with Crippen LogP contribution in [0.3, 0.4) is 0 Å². The van der Waals surface area contributed by atoms with E-state index in [2.05, 4.69) is 18.0 Å². The predicted molar refractivity (Wildman–Crippen MR) is 96.9 cm³/mol. The summed E-state index contributed by atoms with van der Waals surface area (Å²) in [5.41, 5.74) is 3.55. The van der Waals surface area contributed by atoms with Gasteiger partial charge >= 0.3 is 0 Å². The van der Waals surface area contributed by atoms with Crippen LogP contribution >= 0.6 is 0 Å². The molecule has 0 saturated heterocycles. The molecule has 0 bridgehead atoms. The van der Waals surface area contributed by atoms with E-state index in [-0.39, 0.29) is 11.9 Å². The van der Waals surface area contributed by atoms with Gasteiger partial charge in [-0.2, -0.15) is 5.26 Å². The first kappa shape index (κ1) is 16.1. The van der Waals surface area contributed by atoms with Crippen LogP contribution in [0.2, 0.25) is 0 Å². The molecule has 26 heavy (non-hydrogen) atoms. The molecule has 2 aromatic carbocycles. The van der Waals surface area contributed by atoms with Crippen molar-refractivity contribution in [2.75, 3.05) is 0 Å². The van der Waals surface area contributed by atoms with Crippen LogP contribution < -0.4 is 0 Å². The van der Waals surface area contributed by atoms with Gasteiger partial charge in [0.1, 0.15) is 6.04 Å². The number of aromatic nitrogens is 2. The quantitative estimate of drug-likeness (QED) is 0.732. The molecule has 128 valence electrons. The van der Waals surface area contributed by atoms with Crippen molar-refractivity contribution in [2.24, 2.45) is 0 Å². The van der Waals surface area contributed by atoms with E-state index in [9.17, 15) is 4.79 Å². The summed E-state index contributed by atoms with van der Waals surface area (Å²) in [4.78, 5) is 19.5. The molecule has 0 radical (unpaired) electrons. The van der Waals surface area contributed by atoms with Crippen LogP contribution in [-0.4, -0.2) is 20.4 Å². The van der Waals surface area contributed by atoms with Crippen LogP contribution in [0.15, 0.2) is 67.1 Å². The van der Waals surface area contributed by atoms with Gasteiger partial charge in [-0.1, -0.05) is 42.5 Å². The number of nitrogens with zero attached hydrogens (tertiary/aromatic N) is 4. The molecule has 1 aliphatic rings. The predicted octanol–water partition coefficient (Wildman–Crippen LogP) is 3.45. The van der Waals surface area contributed by atoms with Crippen molar-refractivity contribution in [3.63, 3.8) is 0 Å². The topological polar surface area (TPSA) is 61.9 Å². The zero-order valence-corrected chi connectivity index (χ0v) is 14.4. The van der Waals surface area contributed by atoms with E-state index >= 15 is 0 Å². The minimum atomic E-state index is -0.458. The first-order valence-electron chi connectivity index (χ1n) is 8.55. The standard InChI is InChI=1S/C21H18N4O/c1-15(17-5-3-2-4-6-17)24-13-19-12-23-14-25(19)20(21(24)26)18-9-7-16(11-22)8-10-18/h2-10,12,14-15,20H,13H2,1H3/t15-,20+/m1/s1. The van der Waals surface area contributed by atoms with Crippen LogP contribution in [0.5, 0.6) is 0 Å². The molecule has 1 aliphatic heterocycles. The number of hydrogen-bond donors (Lipinski definition) is 0. The van der Waals surface area contributed by atoms with E-state index in [1.54, 1.807) is 18.5 Å². The first-order valence-corrected chi connectivity index (χ1v) is 8.55. The van der Waals surface area contributed by atoms with Gasteiger partial charge in [0.2, 0.25) is 0 Å². The highest BCUT2D eigenvalue weighted by atomic mass is 16.2. The lowest BCUT2D eigenvalue weighted by Crippen LogP contribution is -2.43. The molecule has 1 amide bonds. The number of imidazole rings is 1. The largest absolute Gasteiger partial charge is 0.328 e. The van der Waals surface area contributed by atoms with Crippen LogP contribution in [-0.2, 0) is 11.3 Å². The van der Waals surface area contributed by atoms with Gasteiger partial charge in [-0.3, -0.25) is 4.79 Å². The average molecular weight is 342 g/mol. The normalized spacial score (nSPS) is 17.5. The summed E-state index contributed by atoms with van der Waals surface area (Å²) in [7, 11) is 0. The number of rotatable bonds is 3. The zero-order chi connectivity index (χ0) is 18.1. The van der Waals surface area contributed by atoms with E-state index in [4.69, 9.17) is 5.26 Å². The third-order valence-corrected chi connectivity index (χ3v) is 4.98. The second kappa shape index (κ2) is 6.49. The van der Waals surface area contributed by atoms with Crippen LogP contribution in [0.4, 0.5) is 0 Å². The molecular weight excluding hydrogens is 324 g/mol. The number of nitriles is 1. The monoisotopic (exact) mass is 342 g/mol. The Kier molecular flexibility index (Phi) is 4.02. The molecule has 0 spiro atoms. The highest BCUT2D eigenvalue weighted by Crippen LogP contribution is 2.33. The van der Waals surface area contributed by atoms with E-state index in [0.717, 1.165) is 16.8 Å². The van der Waals surface area contributed by atoms with Gasteiger partial charge in [-0.05, 0) is 30.2 Å². The molecule has 1 aromatic heterocycles. The summed E-state index contributed by atoms with van der Waals surface area (Å²) in [6, 6.07) is 18.9. The second-order valence-electron chi connectivity index (χ2n) is 6.48. The number of fused-ring (bicyclic) bond motifs is 1. The van der Waals surface area contributed by atoms with Gasteiger partial charge in [0, 0.05) is 6.20 Å². The Morgan fingerprint density at radius 3 is 2.58 bits per heavy atom. The Bertz CT molecular complexity index is 969. The molecule has 0 aliphatic carbocycles. The molecule has 5 nitrogen and oxygen atoms in total. The average Bonchev–Trinajstić information content (AvgIpc) is 3.16. The second-order valence-corrected chi connectivity index (χ2v) is 6.48. The molecule has 3 aromatic rings. The summed E-state index contributed by atoms with van der Waals surface area (Å²) >= 11 is 0. The fraction of sp³-hybridized carbons (Fsp3) is 0.190. The van der Waals surface area contributed by atoms with E-state index in [1.807, 2.05) is 58.1 Å². The number of hydrogen-bond acceptors (Lipinski definition) is 3. The first-order chi connectivity index (χ1) is 12.7. The third-order valence-electron chi connectivity index (χ3n) is 4.98. The van der Waals surface area contributed by atoms with Gasteiger partial charge < -0.3 is 9.47 Å². The van der Waals surface area contributed by atoms with E-state index in [1.165, 1.54) is 0 Å². The van der Waals surface area contributed by atoms with Crippen LogP contribution in [0, 0.1) is 11.3 Å². The minimum absolute atomic E-state index is 0.0340. The Morgan fingerprint density at radius 2 is 1.88 bits per heavy atom. The molecule has 0 saturated carbocycles. The van der Waals surface area contributed by atoms with Crippen molar-refractivity contribution in [2.45, 2.75) is 25.6 Å². The summed E-state index contributed by atoms with van der Waals surface area (Å²) in [6.07, 6.45) is 3.52. The summed E-state index contributed by atoms with van der Waals surface area (Å²) < 4.78 is 1.93. The number of amides is 1. The maximum absolute atomic E-state index is 13.4. The number of carbonyl (C=O) groups excluding carboxylic acids is 1. The number of benzene rings is 2. The van der Waals surface area contributed by atoms with E-state index in [0.29, 0.717) is 12.1 Å². The third kappa shape index (κ3) is 2.66. The molecule has 2 heterocycles. The lowest BCUT2D eigenvalue weighted by molar-refractivity contribution is -0.138. The lowest BCUT2D eigenvalue weighted by atomic mass is 9.98. The van der Waals surface area contributed by atoms with Gasteiger partial charge in [-0.15, -0.1) is 0 Å². The van der Waals surface area contributed by atoms with Crippen molar-refractivity contribution >= 4 is 5.91 Å². The van der Waals surface area contributed by atoms with Gasteiger partial charge in [0.05, 0.1) is 36.2 Å². The molecular formula is C21H18N4O. The summed E-state index contributed by atoms with van der Waals surface area (Å²) in [5.74, 6) is 0.0385. The Morgan fingerprint density at radius 1 is 1.15 bits per heavy atom. The van der Waals surface area contributed by atoms with E-state index < -0.39 is 6.04 Å². The van der Waals surface area contributed by atoms with Gasteiger partial charge in [-0.25, -0.2) is 4.98 Å². The lowest BCUT2D eigenvalue weighted by Gasteiger charge is -2.38. The fourth-order valence-corrected chi connectivity index (χ4v) is 3.50. The van der Waals surface area contributed by atoms with Crippen molar-refractivity contribution in [1.82, 2.24) is 14.5 Å². The number of carbonyl (C=O) groups is 1. The fourth-order valence-electron chi connectivity index (χ4n) is 3.50. The van der Waals surface area contributed by atoms with Crippen LogP contribution in [0.25, 0.3) is 0 Å². The minimum Gasteiger partial charge on any atom is -0.328 e. The Labute approximate surface area is 152 Å². The highest BCUT2D eigenvalue weighted by Gasteiger charge is 2.36. The molecule has 5 heteroatoms. The maximum Gasteiger partial charge on any atom is 0.251 e. The van der Waals surface area contributed by atoms with Gasteiger partial charge in [0.15, 0.2) is 0 Å². The van der Waals surface area contributed by atoms with Crippen molar-refractivity contribution in [3.05, 3.63) is 89.5 Å². The molecule has 0 unspecified atom stereocenters.